The van der Waals surface area contributed by atoms with Crippen LogP contribution >= 0.6 is 0 Å². The van der Waals surface area contributed by atoms with Crippen molar-refractivity contribution in [3.8, 4) is 0 Å². The van der Waals surface area contributed by atoms with Gasteiger partial charge < -0.3 is 14.9 Å². The second-order valence-electron chi connectivity index (χ2n) is 7.36. The summed E-state index contributed by atoms with van der Waals surface area (Å²) in [5.41, 5.74) is 1.13. The normalized spacial score (nSPS) is 28.6. The first-order chi connectivity index (χ1) is 13.1. The molecule has 2 saturated heterocycles. The van der Waals surface area contributed by atoms with Crippen LogP contribution in [0.4, 0.5) is 0 Å². The maximum atomic E-state index is 10.5. The summed E-state index contributed by atoms with van der Waals surface area (Å²) in [6.07, 6.45) is 15.4. The van der Waals surface area contributed by atoms with Crippen molar-refractivity contribution in [3.05, 3.63) is 72.4 Å². The SMILES string of the molecule is O=C(O)CC=C/C=C\C[C@H]1[C@@H](/C=C/C(O)Cc2ccccc2)[C@H]2CC[C@@H]1O2. The number of fused-ring (bicyclic) bond motifs is 2. The fraction of sp³-hybridized carbons (Fsp3) is 0.435. The Kier molecular flexibility index (Phi) is 7.02. The van der Waals surface area contributed by atoms with Crippen molar-refractivity contribution < 1.29 is 19.7 Å². The Morgan fingerprint density at radius 2 is 1.89 bits per heavy atom. The summed E-state index contributed by atoms with van der Waals surface area (Å²) >= 11 is 0. The van der Waals surface area contributed by atoms with Gasteiger partial charge in [0.2, 0.25) is 0 Å². The standard InChI is InChI=1S/C23H28O4/c24-18(16-17-8-4-3-5-9-17)12-13-20-19(21-14-15-22(20)27-21)10-6-1-2-7-11-23(25)26/h1-9,12-13,18-22,24H,10-11,14-16H2,(H,25,26)/b6-1-,7-2?,13-12+/t18?,19-,20+,21-,22+/m0/s1. The van der Waals surface area contributed by atoms with Gasteiger partial charge in [-0.1, -0.05) is 66.8 Å². The number of hydrogen-bond acceptors (Lipinski definition) is 3. The fourth-order valence-corrected chi connectivity index (χ4v) is 4.13. The van der Waals surface area contributed by atoms with E-state index >= 15 is 0 Å². The number of aliphatic hydroxyl groups is 1. The number of carbonyl (C=O) groups is 1. The molecule has 0 aliphatic carbocycles. The number of hydrogen-bond donors (Lipinski definition) is 2. The van der Waals surface area contributed by atoms with Crippen LogP contribution in [0.5, 0.6) is 0 Å². The minimum Gasteiger partial charge on any atom is -0.481 e. The van der Waals surface area contributed by atoms with Crippen LogP contribution in [0.25, 0.3) is 0 Å². The highest BCUT2D eigenvalue weighted by Gasteiger charge is 2.46. The lowest BCUT2D eigenvalue weighted by Crippen LogP contribution is -2.25. The molecule has 1 aromatic carbocycles. The molecule has 144 valence electrons. The van der Waals surface area contributed by atoms with Gasteiger partial charge in [0, 0.05) is 12.3 Å². The first kappa shape index (κ1) is 19.6. The van der Waals surface area contributed by atoms with Gasteiger partial charge in [-0.15, -0.1) is 0 Å². The Morgan fingerprint density at radius 1 is 1.15 bits per heavy atom. The molecular weight excluding hydrogens is 340 g/mol. The van der Waals surface area contributed by atoms with Gasteiger partial charge in [0.05, 0.1) is 24.7 Å². The molecule has 4 nitrogen and oxygen atoms in total. The molecule has 0 amide bonds. The van der Waals surface area contributed by atoms with E-state index in [-0.39, 0.29) is 12.5 Å². The zero-order valence-electron chi connectivity index (χ0n) is 15.5. The Hall–Kier alpha value is -2.17. The zero-order valence-corrected chi connectivity index (χ0v) is 15.5. The number of rotatable bonds is 9. The van der Waals surface area contributed by atoms with Crippen LogP contribution in [0.15, 0.2) is 66.8 Å². The van der Waals surface area contributed by atoms with Gasteiger partial charge in [0.25, 0.3) is 0 Å². The van der Waals surface area contributed by atoms with Crippen LogP contribution in [0.1, 0.15) is 31.2 Å². The summed E-state index contributed by atoms with van der Waals surface area (Å²) in [5.74, 6) is -0.0599. The molecule has 0 spiro atoms. The molecule has 4 heteroatoms. The minimum absolute atomic E-state index is 0.0479. The van der Waals surface area contributed by atoms with Crippen molar-refractivity contribution in [3.63, 3.8) is 0 Å². The highest BCUT2D eigenvalue weighted by atomic mass is 16.5. The highest BCUT2D eigenvalue weighted by Crippen LogP contribution is 2.45. The van der Waals surface area contributed by atoms with Crippen LogP contribution in [0, 0.1) is 11.8 Å². The second kappa shape index (κ2) is 9.67. The number of aliphatic carboxylic acids is 1. The molecule has 0 radical (unpaired) electrons. The molecule has 0 aromatic heterocycles. The predicted octanol–water partition coefficient (Wildman–Crippen LogP) is 3.92. The molecule has 0 saturated carbocycles. The van der Waals surface area contributed by atoms with Crippen LogP contribution in [-0.2, 0) is 16.0 Å². The van der Waals surface area contributed by atoms with Crippen molar-refractivity contribution >= 4 is 5.97 Å². The molecule has 2 N–H and O–H groups in total. The topological polar surface area (TPSA) is 66.8 Å². The van der Waals surface area contributed by atoms with E-state index in [1.54, 1.807) is 12.2 Å². The first-order valence-electron chi connectivity index (χ1n) is 9.72. The summed E-state index contributed by atoms with van der Waals surface area (Å²) in [5, 5.41) is 19.0. The van der Waals surface area contributed by atoms with Gasteiger partial charge in [-0.25, -0.2) is 0 Å². The molecule has 27 heavy (non-hydrogen) atoms. The van der Waals surface area contributed by atoms with Gasteiger partial charge >= 0.3 is 5.97 Å². The number of aliphatic hydroxyl groups excluding tert-OH is 1. The summed E-state index contributed by atoms with van der Waals surface area (Å²) in [6.45, 7) is 0. The van der Waals surface area contributed by atoms with E-state index in [1.165, 1.54) is 0 Å². The number of carboxylic acids is 1. The maximum absolute atomic E-state index is 10.5. The fourth-order valence-electron chi connectivity index (χ4n) is 4.13. The van der Waals surface area contributed by atoms with Gasteiger partial charge in [0.15, 0.2) is 0 Å². The van der Waals surface area contributed by atoms with E-state index < -0.39 is 12.1 Å². The quantitative estimate of drug-likeness (QED) is 0.512. The lowest BCUT2D eigenvalue weighted by molar-refractivity contribution is -0.136. The molecule has 5 atom stereocenters. The Labute approximate surface area is 160 Å². The molecular formula is C23H28O4. The van der Waals surface area contributed by atoms with E-state index in [4.69, 9.17) is 9.84 Å². The summed E-state index contributed by atoms with van der Waals surface area (Å²) in [7, 11) is 0. The van der Waals surface area contributed by atoms with Gasteiger partial charge in [-0.2, -0.15) is 0 Å². The second-order valence-corrected chi connectivity index (χ2v) is 7.36. The van der Waals surface area contributed by atoms with Gasteiger partial charge in [-0.3, -0.25) is 4.79 Å². The summed E-state index contributed by atoms with van der Waals surface area (Å²) in [6, 6.07) is 10.0. The van der Waals surface area contributed by atoms with E-state index in [1.807, 2.05) is 42.5 Å². The first-order valence-corrected chi connectivity index (χ1v) is 9.72. The van der Waals surface area contributed by atoms with Crippen LogP contribution in [0.3, 0.4) is 0 Å². The molecule has 1 unspecified atom stereocenters. The van der Waals surface area contributed by atoms with Crippen molar-refractivity contribution in [2.45, 2.75) is 50.4 Å². The molecule has 2 fully saturated rings. The third-order valence-corrected chi connectivity index (χ3v) is 5.41. The predicted molar refractivity (Wildman–Crippen MR) is 105 cm³/mol. The molecule has 1 aromatic rings. The molecule has 2 heterocycles. The lowest BCUT2D eigenvalue weighted by Gasteiger charge is -2.24. The molecule has 2 aliphatic rings. The van der Waals surface area contributed by atoms with E-state index in [0.29, 0.717) is 24.4 Å². The average Bonchev–Trinajstić information content (AvgIpc) is 3.25. The third-order valence-electron chi connectivity index (χ3n) is 5.41. The summed E-state index contributed by atoms with van der Waals surface area (Å²) in [4.78, 5) is 10.5. The number of benzene rings is 1. The Bertz CT molecular complexity index is 692. The average molecular weight is 368 g/mol. The Balaban J connectivity index is 1.54. The van der Waals surface area contributed by atoms with Crippen molar-refractivity contribution in [1.82, 2.24) is 0 Å². The number of ether oxygens (including phenoxy) is 1. The smallest absolute Gasteiger partial charge is 0.307 e. The lowest BCUT2D eigenvalue weighted by atomic mass is 9.77. The van der Waals surface area contributed by atoms with Gasteiger partial charge in [-0.05, 0) is 30.7 Å². The van der Waals surface area contributed by atoms with E-state index in [2.05, 4.69) is 12.2 Å². The largest absolute Gasteiger partial charge is 0.481 e. The number of allylic oxidation sites excluding steroid dienone is 3. The van der Waals surface area contributed by atoms with Crippen LogP contribution in [-0.4, -0.2) is 34.5 Å². The van der Waals surface area contributed by atoms with Gasteiger partial charge in [0.1, 0.15) is 0 Å². The Morgan fingerprint density at radius 3 is 2.67 bits per heavy atom. The van der Waals surface area contributed by atoms with Crippen LogP contribution in [0.2, 0.25) is 0 Å². The van der Waals surface area contributed by atoms with Crippen molar-refractivity contribution in [2.24, 2.45) is 11.8 Å². The van der Waals surface area contributed by atoms with E-state index in [9.17, 15) is 9.90 Å². The number of carboxylic acid groups (broad SMARTS) is 1. The monoisotopic (exact) mass is 368 g/mol. The minimum atomic E-state index is -0.819. The van der Waals surface area contributed by atoms with Crippen molar-refractivity contribution in [2.75, 3.05) is 0 Å². The van der Waals surface area contributed by atoms with E-state index in [0.717, 1.165) is 24.8 Å². The zero-order chi connectivity index (χ0) is 19.1. The third kappa shape index (κ3) is 5.65. The molecule has 3 rings (SSSR count). The maximum Gasteiger partial charge on any atom is 0.307 e. The molecule has 2 bridgehead atoms. The molecule has 2 aliphatic heterocycles. The van der Waals surface area contributed by atoms with Crippen LogP contribution < -0.4 is 0 Å². The highest BCUT2D eigenvalue weighted by molar-refractivity contribution is 5.68. The van der Waals surface area contributed by atoms with Crippen molar-refractivity contribution in [1.29, 1.82) is 0 Å². The summed E-state index contributed by atoms with van der Waals surface area (Å²) < 4.78 is 6.10.